The van der Waals surface area contributed by atoms with Crippen molar-refractivity contribution in [3.05, 3.63) is 16.0 Å². The summed E-state index contributed by atoms with van der Waals surface area (Å²) in [7, 11) is 0. The van der Waals surface area contributed by atoms with Crippen molar-refractivity contribution in [1.82, 2.24) is 15.3 Å². The number of halogens is 2. The predicted molar refractivity (Wildman–Crippen MR) is 66.0 cm³/mol. The second-order valence-electron chi connectivity index (χ2n) is 3.70. The van der Waals surface area contributed by atoms with Gasteiger partial charge >= 0.3 is 5.97 Å². The Balaban J connectivity index is 2.29. The van der Waals surface area contributed by atoms with Crippen LogP contribution < -0.4 is 10.6 Å². The maximum absolute atomic E-state index is 11.3. The Morgan fingerprint density at radius 2 is 2.47 bits per heavy atom. The SMILES string of the molecule is O=C(O)C1(Nc2nc(Cl)ncc2Br)CCCN1. The zero-order chi connectivity index (χ0) is 12.5. The quantitative estimate of drug-likeness (QED) is 0.731. The summed E-state index contributed by atoms with van der Waals surface area (Å²) in [6.45, 7) is 0.649. The minimum atomic E-state index is -1.18. The maximum atomic E-state index is 11.3. The average molecular weight is 322 g/mol. The van der Waals surface area contributed by atoms with E-state index in [2.05, 4.69) is 36.5 Å². The van der Waals surface area contributed by atoms with Gasteiger partial charge in [-0.1, -0.05) is 0 Å². The van der Waals surface area contributed by atoms with Crippen molar-refractivity contribution >= 4 is 39.3 Å². The minimum Gasteiger partial charge on any atom is -0.478 e. The van der Waals surface area contributed by atoms with E-state index in [0.717, 1.165) is 6.42 Å². The molecular formula is C9H10BrClN4O2. The van der Waals surface area contributed by atoms with E-state index in [-0.39, 0.29) is 5.28 Å². The van der Waals surface area contributed by atoms with E-state index in [4.69, 9.17) is 11.6 Å². The normalized spacial score (nSPS) is 23.6. The van der Waals surface area contributed by atoms with Crippen LogP contribution in [-0.2, 0) is 4.79 Å². The van der Waals surface area contributed by atoms with Gasteiger partial charge < -0.3 is 10.4 Å². The Hall–Kier alpha value is -0.920. The molecule has 3 N–H and O–H groups in total. The van der Waals surface area contributed by atoms with Crippen molar-refractivity contribution in [3.8, 4) is 0 Å². The van der Waals surface area contributed by atoms with E-state index in [1.54, 1.807) is 0 Å². The summed E-state index contributed by atoms with van der Waals surface area (Å²) in [5.74, 6) is -0.599. The molecule has 0 aromatic carbocycles. The molecule has 0 radical (unpaired) electrons. The molecule has 2 heterocycles. The third kappa shape index (κ3) is 2.51. The number of rotatable bonds is 3. The smallest absolute Gasteiger partial charge is 0.344 e. The van der Waals surface area contributed by atoms with Gasteiger partial charge in [-0.3, -0.25) is 5.32 Å². The Labute approximate surface area is 111 Å². The first-order valence-corrected chi connectivity index (χ1v) is 6.15. The van der Waals surface area contributed by atoms with E-state index in [9.17, 15) is 9.90 Å². The number of carboxylic acids is 1. The van der Waals surface area contributed by atoms with Crippen LogP contribution in [0.5, 0.6) is 0 Å². The molecule has 0 saturated carbocycles. The first-order chi connectivity index (χ1) is 8.03. The van der Waals surface area contributed by atoms with Crippen LogP contribution in [0.3, 0.4) is 0 Å². The highest BCUT2D eigenvalue weighted by Crippen LogP contribution is 2.27. The molecule has 6 nitrogen and oxygen atoms in total. The maximum Gasteiger partial charge on any atom is 0.344 e. The molecule has 0 spiro atoms. The van der Waals surface area contributed by atoms with Crippen molar-refractivity contribution in [3.63, 3.8) is 0 Å². The van der Waals surface area contributed by atoms with Crippen molar-refractivity contribution < 1.29 is 9.90 Å². The van der Waals surface area contributed by atoms with Crippen molar-refractivity contribution in [1.29, 1.82) is 0 Å². The van der Waals surface area contributed by atoms with Gasteiger partial charge in [-0.15, -0.1) is 0 Å². The first kappa shape index (κ1) is 12.5. The van der Waals surface area contributed by atoms with Crippen LogP contribution in [0.4, 0.5) is 5.82 Å². The summed E-state index contributed by atoms with van der Waals surface area (Å²) in [4.78, 5) is 19.0. The van der Waals surface area contributed by atoms with Gasteiger partial charge in [-0.25, -0.2) is 9.78 Å². The van der Waals surface area contributed by atoms with Gasteiger partial charge in [0.25, 0.3) is 0 Å². The highest BCUT2D eigenvalue weighted by atomic mass is 79.9. The minimum absolute atomic E-state index is 0.0641. The molecule has 8 heteroatoms. The molecule has 2 rings (SSSR count). The third-order valence-corrected chi connectivity index (χ3v) is 3.33. The van der Waals surface area contributed by atoms with Gasteiger partial charge in [0.1, 0.15) is 5.82 Å². The van der Waals surface area contributed by atoms with Crippen molar-refractivity contribution in [2.24, 2.45) is 0 Å². The van der Waals surface area contributed by atoms with Gasteiger partial charge in [0.15, 0.2) is 5.66 Å². The third-order valence-electron chi connectivity index (χ3n) is 2.57. The number of anilines is 1. The van der Waals surface area contributed by atoms with Crippen LogP contribution >= 0.6 is 27.5 Å². The summed E-state index contributed by atoms with van der Waals surface area (Å²) in [6, 6.07) is 0. The van der Waals surface area contributed by atoms with Crippen LogP contribution in [-0.4, -0.2) is 33.3 Å². The molecule has 0 bridgehead atoms. The molecule has 1 saturated heterocycles. The van der Waals surface area contributed by atoms with Gasteiger partial charge in [-0.05, 0) is 46.9 Å². The summed E-state index contributed by atoms with van der Waals surface area (Å²) in [5, 5.41) is 15.1. The number of hydrogen-bond donors (Lipinski definition) is 3. The second-order valence-corrected chi connectivity index (χ2v) is 4.89. The van der Waals surface area contributed by atoms with E-state index in [0.29, 0.717) is 23.3 Å². The summed E-state index contributed by atoms with van der Waals surface area (Å²) in [5.41, 5.74) is -1.18. The zero-order valence-electron chi connectivity index (χ0n) is 8.70. The number of aliphatic carboxylic acids is 1. The molecule has 1 unspecified atom stereocenters. The lowest BCUT2D eigenvalue weighted by molar-refractivity contribution is -0.143. The van der Waals surface area contributed by atoms with Crippen LogP contribution in [0.15, 0.2) is 10.7 Å². The average Bonchev–Trinajstić information content (AvgIpc) is 2.73. The van der Waals surface area contributed by atoms with E-state index >= 15 is 0 Å². The van der Waals surface area contributed by atoms with E-state index < -0.39 is 11.6 Å². The standard InChI is InChI=1S/C9H10BrClN4O2/c10-5-4-12-8(11)14-6(5)15-9(7(16)17)2-1-3-13-9/h4,13H,1-3H2,(H,16,17)(H,12,14,15). The molecule has 1 aromatic heterocycles. The number of carboxylic acid groups (broad SMARTS) is 1. The Morgan fingerprint density at radius 3 is 3.06 bits per heavy atom. The topological polar surface area (TPSA) is 87.1 Å². The van der Waals surface area contributed by atoms with Gasteiger partial charge in [0.05, 0.1) is 4.47 Å². The molecule has 1 atom stereocenters. The first-order valence-electron chi connectivity index (χ1n) is 4.98. The number of carbonyl (C=O) groups is 1. The van der Waals surface area contributed by atoms with Gasteiger partial charge in [0.2, 0.25) is 5.28 Å². The lowest BCUT2D eigenvalue weighted by atomic mass is 10.1. The number of hydrogen-bond acceptors (Lipinski definition) is 5. The molecule has 0 aliphatic carbocycles. The summed E-state index contributed by atoms with van der Waals surface area (Å²) < 4.78 is 0.566. The van der Waals surface area contributed by atoms with Crippen molar-refractivity contribution in [2.75, 3.05) is 11.9 Å². The van der Waals surface area contributed by atoms with Crippen LogP contribution in [0.1, 0.15) is 12.8 Å². The van der Waals surface area contributed by atoms with Gasteiger partial charge in [-0.2, -0.15) is 4.98 Å². The monoisotopic (exact) mass is 320 g/mol. The Bertz CT molecular complexity index is 451. The Morgan fingerprint density at radius 1 is 1.71 bits per heavy atom. The largest absolute Gasteiger partial charge is 0.478 e. The van der Waals surface area contributed by atoms with Crippen LogP contribution in [0.25, 0.3) is 0 Å². The molecule has 0 amide bonds. The molecule has 1 aliphatic rings. The predicted octanol–water partition coefficient (Wildman–Crippen LogP) is 1.47. The van der Waals surface area contributed by atoms with Crippen LogP contribution in [0, 0.1) is 0 Å². The van der Waals surface area contributed by atoms with Gasteiger partial charge in [0, 0.05) is 6.20 Å². The Kier molecular flexibility index (Phi) is 3.50. The molecule has 1 aromatic rings. The fraction of sp³-hybridized carbons (Fsp3) is 0.444. The lowest BCUT2D eigenvalue weighted by Gasteiger charge is -2.26. The van der Waals surface area contributed by atoms with E-state index in [1.807, 2.05) is 0 Å². The molecular weight excluding hydrogens is 311 g/mol. The lowest BCUT2D eigenvalue weighted by Crippen LogP contribution is -2.54. The molecule has 1 fully saturated rings. The highest BCUT2D eigenvalue weighted by molar-refractivity contribution is 9.10. The fourth-order valence-corrected chi connectivity index (χ4v) is 2.15. The fourth-order valence-electron chi connectivity index (χ4n) is 1.72. The molecule has 1 aliphatic heterocycles. The van der Waals surface area contributed by atoms with E-state index in [1.165, 1.54) is 6.20 Å². The highest BCUT2D eigenvalue weighted by Gasteiger charge is 2.41. The van der Waals surface area contributed by atoms with Crippen molar-refractivity contribution in [2.45, 2.75) is 18.5 Å². The number of nitrogens with one attached hydrogen (secondary N) is 2. The number of nitrogens with zero attached hydrogens (tertiary/aromatic N) is 2. The second kappa shape index (κ2) is 4.75. The number of aromatic nitrogens is 2. The van der Waals surface area contributed by atoms with Crippen LogP contribution in [0.2, 0.25) is 5.28 Å². The summed E-state index contributed by atoms with van der Waals surface area (Å²) in [6.07, 6.45) is 2.74. The molecule has 17 heavy (non-hydrogen) atoms. The summed E-state index contributed by atoms with van der Waals surface area (Å²) >= 11 is 8.92. The molecule has 92 valence electrons. The zero-order valence-corrected chi connectivity index (χ0v) is 11.0.